The van der Waals surface area contributed by atoms with Gasteiger partial charge in [-0.2, -0.15) is 0 Å². The number of pyridine rings is 1. The van der Waals surface area contributed by atoms with Gasteiger partial charge in [-0.3, -0.25) is 4.98 Å². The molecular formula is C11H13ClFN. The van der Waals surface area contributed by atoms with E-state index in [1.165, 1.54) is 19.0 Å². The van der Waals surface area contributed by atoms with Crippen LogP contribution in [0.1, 0.15) is 37.2 Å². The summed E-state index contributed by atoms with van der Waals surface area (Å²) in [6.07, 6.45) is 7.42. The van der Waals surface area contributed by atoms with Crippen molar-refractivity contribution in [2.75, 3.05) is 0 Å². The Kier molecular flexibility index (Phi) is 3.02. The largest absolute Gasteiger partial charge is 0.261 e. The third-order valence-electron chi connectivity index (χ3n) is 2.84. The van der Waals surface area contributed by atoms with E-state index in [-0.39, 0.29) is 17.1 Å². The van der Waals surface area contributed by atoms with Crippen LogP contribution in [0.2, 0.25) is 0 Å². The van der Waals surface area contributed by atoms with Gasteiger partial charge in [0.05, 0.1) is 6.20 Å². The molecule has 1 nitrogen and oxygen atoms in total. The van der Waals surface area contributed by atoms with Gasteiger partial charge in [0.25, 0.3) is 0 Å². The number of alkyl halides is 1. The molecule has 0 aromatic carbocycles. The summed E-state index contributed by atoms with van der Waals surface area (Å²) in [5, 5.41) is 0.146. The number of hydrogen-bond acceptors (Lipinski definition) is 1. The zero-order chi connectivity index (χ0) is 9.97. The molecule has 0 spiro atoms. The number of aromatic nitrogens is 1. The molecule has 2 rings (SSSR count). The van der Waals surface area contributed by atoms with E-state index >= 15 is 0 Å². The van der Waals surface area contributed by atoms with Crippen LogP contribution < -0.4 is 0 Å². The van der Waals surface area contributed by atoms with Gasteiger partial charge in [-0.15, -0.1) is 11.6 Å². The molecule has 1 aliphatic carbocycles. The first kappa shape index (κ1) is 9.91. The summed E-state index contributed by atoms with van der Waals surface area (Å²) in [4.78, 5) is 3.86. The minimum absolute atomic E-state index is 0.146. The van der Waals surface area contributed by atoms with Gasteiger partial charge in [0, 0.05) is 17.5 Å². The maximum atomic E-state index is 12.9. The van der Waals surface area contributed by atoms with Gasteiger partial charge >= 0.3 is 0 Å². The van der Waals surface area contributed by atoms with Crippen LogP contribution in [0.15, 0.2) is 18.5 Å². The first-order valence-corrected chi connectivity index (χ1v) is 5.45. The zero-order valence-electron chi connectivity index (χ0n) is 7.92. The summed E-state index contributed by atoms with van der Waals surface area (Å²) in [5.74, 6) is 0.0190. The van der Waals surface area contributed by atoms with Crippen LogP contribution in [-0.4, -0.2) is 10.4 Å². The second-order valence-electron chi connectivity index (χ2n) is 3.84. The maximum Gasteiger partial charge on any atom is 0.141 e. The Morgan fingerprint density at radius 1 is 1.29 bits per heavy atom. The summed E-state index contributed by atoms with van der Waals surface area (Å²) in [5.41, 5.74) is 0.949. The molecule has 1 saturated carbocycles. The van der Waals surface area contributed by atoms with Gasteiger partial charge in [-0.25, -0.2) is 4.39 Å². The van der Waals surface area contributed by atoms with E-state index in [0.29, 0.717) is 0 Å². The van der Waals surface area contributed by atoms with Crippen molar-refractivity contribution < 1.29 is 4.39 Å². The van der Waals surface area contributed by atoms with Crippen LogP contribution >= 0.6 is 11.6 Å². The second kappa shape index (κ2) is 4.26. The Labute approximate surface area is 88.3 Å². The standard InChI is InChI=1S/C11H13ClFN/c12-11-4-2-1-3-10(11)8-5-9(13)7-14-6-8/h5-7,10-11H,1-4H2. The lowest BCUT2D eigenvalue weighted by Crippen LogP contribution is -2.17. The first-order valence-electron chi connectivity index (χ1n) is 5.02. The van der Waals surface area contributed by atoms with E-state index in [4.69, 9.17) is 11.6 Å². The maximum absolute atomic E-state index is 12.9. The van der Waals surface area contributed by atoms with Crippen molar-refractivity contribution in [3.05, 3.63) is 29.8 Å². The summed E-state index contributed by atoms with van der Waals surface area (Å²) >= 11 is 6.22. The molecule has 0 aliphatic heterocycles. The SMILES string of the molecule is Fc1cncc(C2CCCCC2Cl)c1. The summed E-state index contributed by atoms with van der Waals surface area (Å²) in [6.45, 7) is 0. The van der Waals surface area contributed by atoms with Gasteiger partial charge in [-0.1, -0.05) is 12.8 Å². The van der Waals surface area contributed by atoms with Crippen LogP contribution in [0.5, 0.6) is 0 Å². The van der Waals surface area contributed by atoms with Crippen molar-refractivity contribution in [3.63, 3.8) is 0 Å². The van der Waals surface area contributed by atoms with E-state index in [0.717, 1.165) is 18.4 Å². The number of hydrogen-bond donors (Lipinski definition) is 0. The summed E-state index contributed by atoms with van der Waals surface area (Å²) in [6, 6.07) is 1.55. The molecule has 1 fully saturated rings. The highest BCUT2D eigenvalue weighted by Crippen LogP contribution is 2.36. The highest BCUT2D eigenvalue weighted by atomic mass is 35.5. The highest BCUT2D eigenvalue weighted by molar-refractivity contribution is 6.21. The Hall–Kier alpha value is -0.630. The first-order chi connectivity index (χ1) is 6.77. The minimum Gasteiger partial charge on any atom is -0.261 e. The molecule has 2 unspecified atom stereocenters. The predicted octanol–water partition coefficient (Wildman–Crippen LogP) is 3.49. The van der Waals surface area contributed by atoms with Crippen molar-refractivity contribution >= 4 is 11.6 Å². The molecule has 0 saturated heterocycles. The molecular weight excluding hydrogens is 201 g/mol. The lowest BCUT2D eigenvalue weighted by molar-refractivity contribution is 0.448. The average molecular weight is 214 g/mol. The van der Waals surface area contributed by atoms with E-state index in [1.54, 1.807) is 12.3 Å². The minimum atomic E-state index is -0.267. The Morgan fingerprint density at radius 2 is 2.07 bits per heavy atom. The van der Waals surface area contributed by atoms with Crippen LogP contribution in [0.3, 0.4) is 0 Å². The Morgan fingerprint density at radius 3 is 2.79 bits per heavy atom. The van der Waals surface area contributed by atoms with Gasteiger partial charge in [0.2, 0.25) is 0 Å². The van der Waals surface area contributed by atoms with Crippen LogP contribution in [0, 0.1) is 5.82 Å². The molecule has 2 atom stereocenters. The Bertz CT molecular complexity index is 316. The summed E-state index contributed by atoms with van der Waals surface area (Å²) in [7, 11) is 0. The molecule has 76 valence electrons. The third-order valence-corrected chi connectivity index (χ3v) is 3.36. The van der Waals surface area contributed by atoms with Crippen molar-refractivity contribution in [1.29, 1.82) is 0 Å². The smallest absolute Gasteiger partial charge is 0.141 e. The molecule has 1 aromatic heterocycles. The van der Waals surface area contributed by atoms with Gasteiger partial charge in [0.1, 0.15) is 5.82 Å². The molecule has 0 bridgehead atoms. The molecule has 14 heavy (non-hydrogen) atoms. The monoisotopic (exact) mass is 213 g/mol. The quantitative estimate of drug-likeness (QED) is 0.651. The van der Waals surface area contributed by atoms with Crippen molar-refractivity contribution in [3.8, 4) is 0 Å². The normalized spacial score (nSPS) is 27.6. The summed E-state index contributed by atoms with van der Waals surface area (Å²) < 4.78 is 12.9. The molecule has 1 aromatic rings. The predicted molar refractivity (Wildman–Crippen MR) is 55.0 cm³/mol. The average Bonchev–Trinajstić information content (AvgIpc) is 2.18. The van der Waals surface area contributed by atoms with E-state index in [1.807, 2.05) is 0 Å². The molecule has 0 amide bonds. The van der Waals surface area contributed by atoms with Crippen LogP contribution in [-0.2, 0) is 0 Å². The molecule has 0 radical (unpaired) electrons. The van der Waals surface area contributed by atoms with Crippen molar-refractivity contribution in [2.45, 2.75) is 37.0 Å². The fraction of sp³-hybridized carbons (Fsp3) is 0.545. The molecule has 0 N–H and O–H groups in total. The van der Waals surface area contributed by atoms with E-state index in [2.05, 4.69) is 4.98 Å². The van der Waals surface area contributed by atoms with E-state index in [9.17, 15) is 4.39 Å². The molecule has 1 aliphatic rings. The third kappa shape index (κ3) is 2.06. The van der Waals surface area contributed by atoms with Gasteiger partial charge in [-0.05, 0) is 24.5 Å². The van der Waals surface area contributed by atoms with Crippen molar-refractivity contribution in [2.24, 2.45) is 0 Å². The Balaban J connectivity index is 2.20. The molecule has 1 heterocycles. The van der Waals surface area contributed by atoms with Gasteiger partial charge in [0.15, 0.2) is 0 Å². The lowest BCUT2D eigenvalue weighted by Gasteiger charge is -2.26. The zero-order valence-corrected chi connectivity index (χ0v) is 8.67. The van der Waals surface area contributed by atoms with Gasteiger partial charge < -0.3 is 0 Å². The second-order valence-corrected chi connectivity index (χ2v) is 4.40. The number of halogens is 2. The number of rotatable bonds is 1. The fourth-order valence-electron chi connectivity index (χ4n) is 2.09. The van der Waals surface area contributed by atoms with Crippen LogP contribution in [0.4, 0.5) is 4.39 Å². The highest BCUT2D eigenvalue weighted by Gasteiger charge is 2.24. The van der Waals surface area contributed by atoms with Crippen molar-refractivity contribution in [1.82, 2.24) is 4.98 Å². The van der Waals surface area contributed by atoms with E-state index < -0.39 is 0 Å². The van der Waals surface area contributed by atoms with Crippen LogP contribution in [0.25, 0.3) is 0 Å². The topological polar surface area (TPSA) is 12.9 Å². The fourth-order valence-corrected chi connectivity index (χ4v) is 2.52. The molecule has 3 heteroatoms. The number of nitrogens with zero attached hydrogens (tertiary/aromatic N) is 1. The lowest BCUT2D eigenvalue weighted by atomic mass is 9.84.